The Morgan fingerprint density at radius 2 is 1.59 bits per heavy atom. The van der Waals surface area contributed by atoms with Gasteiger partial charge in [-0.1, -0.05) is 35.3 Å². The third kappa shape index (κ3) is 4.60. The van der Waals surface area contributed by atoms with Crippen LogP contribution in [0, 0.1) is 5.92 Å². The normalized spacial score (nSPS) is 14.4. The van der Waals surface area contributed by atoms with Crippen LogP contribution >= 0.6 is 23.2 Å². The first-order valence-electron chi connectivity index (χ1n) is 9.21. The molecule has 0 aromatic heterocycles. The van der Waals surface area contributed by atoms with Gasteiger partial charge >= 0.3 is 0 Å². The highest BCUT2D eigenvalue weighted by Gasteiger charge is 2.30. The van der Waals surface area contributed by atoms with Gasteiger partial charge in [-0.3, -0.25) is 9.59 Å². The molecule has 2 aromatic rings. The first-order valence-corrected chi connectivity index (χ1v) is 9.97. The first kappa shape index (κ1) is 21.3. The lowest BCUT2D eigenvalue weighted by atomic mass is 9.95. The van der Waals surface area contributed by atoms with Crippen molar-refractivity contribution in [3.8, 4) is 11.5 Å². The topological polar surface area (TPSA) is 67.9 Å². The van der Waals surface area contributed by atoms with Crippen LogP contribution in [0.3, 0.4) is 0 Å². The first-order chi connectivity index (χ1) is 14.0. The molecule has 6 nitrogen and oxygen atoms in total. The van der Waals surface area contributed by atoms with E-state index in [1.54, 1.807) is 41.3 Å². The Morgan fingerprint density at radius 1 is 1.00 bits per heavy atom. The molecule has 2 amide bonds. The summed E-state index contributed by atoms with van der Waals surface area (Å²) in [6.07, 6.45) is 1.10. The second-order valence-corrected chi connectivity index (χ2v) is 7.48. The van der Waals surface area contributed by atoms with E-state index in [9.17, 15) is 9.59 Å². The maximum atomic E-state index is 13.0. The van der Waals surface area contributed by atoms with Crippen LogP contribution in [0.1, 0.15) is 23.2 Å². The number of carbonyl (C=O) groups is 2. The van der Waals surface area contributed by atoms with E-state index in [-0.39, 0.29) is 17.7 Å². The lowest BCUT2D eigenvalue weighted by Gasteiger charge is -2.32. The van der Waals surface area contributed by atoms with E-state index >= 15 is 0 Å². The fourth-order valence-corrected chi connectivity index (χ4v) is 3.75. The zero-order valence-corrected chi connectivity index (χ0v) is 17.7. The molecule has 154 valence electrons. The van der Waals surface area contributed by atoms with Crippen LogP contribution in [-0.2, 0) is 4.79 Å². The number of methoxy groups -OCH3 is 2. The van der Waals surface area contributed by atoms with E-state index in [1.807, 2.05) is 0 Å². The predicted molar refractivity (Wildman–Crippen MR) is 113 cm³/mol. The highest BCUT2D eigenvalue weighted by Crippen LogP contribution is 2.32. The number of nitrogens with one attached hydrogen (secondary N) is 1. The molecular weight excluding hydrogens is 415 g/mol. The largest absolute Gasteiger partial charge is 0.496 e. The van der Waals surface area contributed by atoms with Gasteiger partial charge in [-0.15, -0.1) is 0 Å². The third-order valence-corrected chi connectivity index (χ3v) is 5.82. The molecule has 1 N–H and O–H groups in total. The van der Waals surface area contributed by atoms with Crippen molar-refractivity contribution < 1.29 is 19.1 Å². The summed E-state index contributed by atoms with van der Waals surface area (Å²) >= 11 is 12.1. The number of ether oxygens (including phenoxy) is 2. The van der Waals surface area contributed by atoms with Crippen molar-refractivity contribution in [2.45, 2.75) is 12.8 Å². The Bertz CT molecular complexity index is 889. The van der Waals surface area contributed by atoms with E-state index in [0.29, 0.717) is 58.7 Å². The molecule has 2 aromatic carbocycles. The summed E-state index contributed by atoms with van der Waals surface area (Å²) in [4.78, 5) is 27.4. The van der Waals surface area contributed by atoms with Gasteiger partial charge in [-0.2, -0.15) is 0 Å². The zero-order valence-electron chi connectivity index (χ0n) is 16.2. The number of carbonyl (C=O) groups excluding carboxylic acids is 2. The average Bonchev–Trinajstić information content (AvgIpc) is 2.75. The van der Waals surface area contributed by atoms with Gasteiger partial charge in [0, 0.05) is 19.0 Å². The molecule has 1 heterocycles. The molecule has 1 fully saturated rings. The highest BCUT2D eigenvalue weighted by atomic mass is 35.5. The van der Waals surface area contributed by atoms with Crippen molar-refractivity contribution in [2.75, 3.05) is 32.6 Å². The third-order valence-electron chi connectivity index (χ3n) is 5.00. The maximum absolute atomic E-state index is 13.0. The van der Waals surface area contributed by atoms with Gasteiger partial charge in [0.2, 0.25) is 5.91 Å². The molecule has 1 saturated heterocycles. The molecule has 1 aliphatic rings. The van der Waals surface area contributed by atoms with Crippen LogP contribution in [0.25, 0.3) is 0 Å². The van der Waals surface area contributed by atoms with Crippen LogP contribution in [0.4, 0.5) is 5.69 Å². The second kappa shape index (κ2) is 9.37. The number of halogens is 2. The minimum Gasteiger partial charge on any atom is -0.496 e. The molecular formula is C21H22Cl2N2O4. The summed E-state index contributed by atoms with van der Waals surface area (Å²) in [5.41, 5.74) is 0.882. The van der Waals surface area contributed by atoms with Gasteiger partial charge in [0.1, 0.15) is 17.1 Å². The van der Waals surface area contributed by atoms with Crippen molar-refractivity contribution in [3.05, 3.63) is 52.0 Å². The van der Waals surface area contributed by atoms with Crippen LogP contribution in [0.15, 0.2) is 36.4 Å². The SMILES string of the molecule is COc1cccc(OC)c1C(=O)N1CCC(C(=O)Nc2cccc(Cl)c2Cl)CC1. The minimum atomic E-state index is -0.214. The number of piperidine rings is 1. The molecule has 0 atom stereocenters. The Kier molecular flexibility index (Phi) is 6.87. The number of anilines is 1. The summed E-state index contributed by atoms with van der Waals surface area (Å²) in [5, 5.41) is 3.54. The summed E-state index contributed by atoms with van der Waals surface area (Å²) < 4.78 is 10.7. The van der Waals surface area contributed by atoms with Gasteiger partial charge in [-0.05, 0) is 37.1 Å². The van der Waals surface area contributed by atoms with E-state index < -0.39 is 0 Å². The minimum absolute atomic E-state index is 0.129. The maximum Gasteiger partial charge on any atom is 0.261 e. The van der Waals surface area contributed by atoms with Crippen molar-refractivity contribution in [2.24, 2.45) is 5.92 Å². The lowest BCUT2D eigenvalue weighted by Crippen LogP contribution is -2.41. The van der Waals surface area contributed by atoms with Crippen LogP contribution in [0.5, 0.6) is 11.5 Å². The monoisotopic (exact) mass is 436 g/mol. The summed E-state index contributed by atoms with van der Waals surface area (Å²) in [5.74, 6) is 0.412. The fourth-order valence-electron chi connectivity index (χ4n) is 3.40. The molecule has 29 heavy (non-hydrogen) atoms. The fraction of sp³-hybridized carbons (Fsp3) is 0.333. The molecule has 0 aliphatic carbocycles. The van der Waals surface area contributed by atoms with Gasteiger partial charge in [0.15, 0.2) is 0 Å². The Balaban J connectivity index is 1.65. The van der Waals surface area contributed by atoms with Gasteiger partial charge in [0.05, 0.1) is 30.0 Å². The predicted octanol–water partition coefficient (Wildman–Crippen LogP) is 4.50. The van der Waals surface area contributed by atoms with E-state index in [0.717, 1.165) is 0 Å². The summed E-state index contributed by atoms with van der Waals surface area (Å²) in [6, 6.07) is 10.3. The van der Waals surface area contributed by atoms with Crippen LogP contribution in [-0.4, -0.2) is 44.0 Å². The van der Waals surface area contributed by atoms with Crippen LogP contribution in [0.2, 0.25) is 10.0 Å². The molecule has 3 rings (SSSR count). The summed E-state index contributed by atoms with van der Waals surface area (Å²) in [6.45, 7) is 0.919. The molecule has 0 spiro atoms. The van der Waals surface area contributed by atoms with Crippen LogP contribution < -0.4 is 14.8 Å². The number of hydrogen-bond donors (Lipinski definition) is 1. The van der Waals surface area contributed by atoms with Gasteiger partial charge in [0.25, 0.3) is 5.91 Å². The van der Waals surface area contributed by atoms with Gasteiger partial charge < -0.3 is 19.7 Å². The van der Waals surface area contributed by atoms with E-state index in [1.165, 1.54) is 14.2 Å². The molecule has 0 radical (unpaired) electrons. The van der Waals surface area contributed by atoms with Crippen molar-refractivity contribution in [3.63, 3.8) is 0 Å². The Hall–Kier alpha value is -2.44. The molecule has 0 unspecified atom stereocenters. The zero-order chi connectivity index (χ0) is 21.0. The molecule has 0 bridgehead atoms. The lowest BCUT2D eigenvalue weighted by molar-refractivity contribution is -0.121. The summed E-state index contributed by atoms with van der Waals surface area (Å²) in [7, 11) is 3.03. The Labute approximate surface area is 179 Å². The molecule has 8 heteroatoms. The second-order valence-electron chi connectivity index (χ2n) is 6.69. The average molecular weight is 437 g/mol. The number of rotatable bonds is 5. The van der Waals surface area contributed by atoms with Crippen molar-refractivity contribution in [1.82, 2.24) is 4.90 Å². The quantitative estimate of drug-likeness (QED) is 0.748. The Morgan fingerprint density at radius 3 is 2.17 bits per heavy atom. The van der Waals surface area contributed by atoms with E-state index in [4.69, 9.17) is 32.7 Å². The highest BCUT2D eigenvalue weighted by molar-refractivity contribution is 6.44. The van der Waals surface area contributed by atoms with Crippen molar-refractivity contribution in [1.29, 1.82) is 0 Å². The number of hydrogen-bond acceptors (Lipinski definition) is 4. The number of likely N-dealkylation sites (tertiary alicyclic amines) is 1. The van der Waals surface area contributed by atoms with Crippen molar-refractivity contribution >= 4 is 40.7 Å². The number of amides is 2. The smallest absolute Gasteiger partial charge is 0.261 e. The van der Waals surface area contributed by atoms with E-state index in [2.05, 4.69) is 5.32 Å². The van der Waals surface area contributed by atoms with Gasteiger partial charge in [-0.25, -0.2) is 0 Å². The number of nitrogens with zero attached hydrogens (tertiary/aromatic N) is 1. The number of benzene rings is 2. The molecule has 1 aliphatic heterocycles. The standard InChI is InChI=1S/C21H22Cl2N2O4/c1-28-16-7-4-8-17(29-2)18(16)21(27)25-11-9-13(10-12-25)20(26)24-15-6-3-5-14(22)19(15)23/h3-8,13H,9-12H2,1-2H3,(H,24,26). The molecule has 0 saturated carbocycles.